The fourth-order valence-electron chi connectivity index (χ4n) is 3.47. The smallest absolute Gasteiger partial charge is 0.246 e. The van der Waals surface area contributed by atoms with Crippen molar-refractivity contribution in [2.24, 2.45) is 11.8 Å². The molecule has 0 aromatic heterocycles. The number of rotatable bonds is 3. The summed E-state index contributed by atoms with van der Waals surface area (Å²) in [5, 5.41) is 0. The minimum absolute atomic E-state index is 0.277. The molecular weight excluding hydrogens is 288 g/mol. The van der Waals surface area contributed by atoms with Crippen LogP contribution in [0.3, 0.4) is 0 Å². The normalized spacial score (nSPS) is 27.5. The number of hydrogen-bond donors (Lipinski definition) is 0. The number of para-hydroxylation sites is 1. The Labute approximate surface area is 126 Å². The highest BCUT2D eigenvalue weighted by molar-refractivity contribution is 7.89. The number of likely N-dealkylation sites (tertiary alicyclic amines) is 1. The Morgan fingerprint density at radius 2 is 1.86 bits per heavy atom. The summed E-state index contributed by atoms with van der Waals surface area (Å²) in [5.74, 6) is 1.36. The number of fused-ring (bicyclic) bond motifs is 1. The van der Waals surface area contributed by atoms with E-state index >= 15 is 0 Å². The quantitative estimate of drug-likeness (QED) is 0.843. The maximum atomic E-state index is 12.9. The lowest BCUT2D eigenvalue weighted by molar-refractivity contribution is 0.178. The van der Waals surface area contributed by atoms with Crippen LogP contribution >= 0.6 is 0 Å². The van der Waals surface area contributed by atoms with Gasteiger partial charge in [-0.15, -0.1) is 0 Å². The third kappa shape index (κ3) is 2.67. The van der Waals surface area contributed by atoms with Crippen molar-refractivity contribution in [2.45, 2.75) is 11.3 Å². The van der Waals surface area contributed by atoms with E-state index in [1.807, 2.05) is 0 Å². The van der Waals surface area contributed by atoms with Gasteiger partial charge in [0.25, 0.3) is 0 Å². The molecule has 2 saturated heterocycles. The molecule has 0 aliphatic carbocycles. The monoisotopic (exact) mass is 310 g/mol. The highest BCUT2D eigenvalue weighted by Crippen LogP contribution is 2.35. The van der Waals surface area contributed by atoms with E-state index in [1.54, 1.807) is 28.6 Å². The molecule has 0 radical (unpaired) electrons. The van der Waals surface area contributed by atoms with Gasteiger partial charge in [0, 0.05) is 19.6 Å². The molecule has 2 unspecified atom stereocenters. The first-order valence-electron chi connectivity index (χ1n) is 7.34. The van der Waals surface area contributed by atoms with E-state index in [1.165, 1.54) is 7.11 Å². The minimum Gasteiger partial charge on any atom is -0.495 e. The van der Waals surface area contributed by atoms with Crippen molar-refractivity contribution in [3.05, 3.63) is 24.3 Å². The van der Waals surface area contributed by atoms with Gasteiger partial charge in [-0.2, -0.15) is 4.31 Å². The molecular formula is C15H22N2O3S. The Hall–Kier alpha value is -1.11. The summed E-state index contributed by atoms with van der Waals surface area (Å²) in [6, 6.07) is 6.86. The molecule has 0 spiro atoms. The van der Waals surface area contributed by atoms with E-state index in [9.17, 15) is 8.42 Å². The van der Waals surface area contributed by atoms with Crippen LogP contribution in [0, 0.1) is 11.8 Å². The number of hydrogen-bond acceptors (Lipinski definition) is 4. The molecule has 0 bridgehead atoms. The number of methoxy groups -OCH3 is 1. The molecule has 2 aliphatic rings. The summed E-state index contributed by atoms with van der Waals surface area (Å²) in [6.07, 6.45) is 1.08. The molecule has 2 heterocycles. The molecule has 0 N–H and O–H groups in total. The highest BCUT2D eigenvalue weighted by Gasteiger charge is 2.41. The van der Waals surface area contributed by atoms with Crippen LogP contribution in [0.25, 0.3) is 0 Å². The van der Waals surface area contributed by atoms with Gasteiger partial charge in [0.1, 0.15) is 10.6 Å². The van der Waals surface area contributed by atoms with Crippen LogP contribution < -0.4 is 4.74 Å². The number of ether oxygens (including phenoxy) is 1. The van der Waals surface area contributed by atoms with Gasteiger partial charge in [-0.1, -0.05) is 12.1 Å². The van der Waals surface area contributed by atoms with Crippen molar-refractivity contribution >= 4 is 10.0 Å². The standard InChI is InChI=1S/C15H22N2O3S/c1-16-8-7-12-10-17(11-13(12)9-16)21(18,19)15-6-4-3-5-14(15)20-2/h3-6,12-13H,7-11H2,1-2H3. The van der Waals surface area contributed by atoms with Crippen molar-refractivity contribution in [3.8, 4) is 5.75 Å². The zero-order valence-corrected chi connectivity index (χ0v) is 13.3. The van der Waals surface area contributed by atoms with Crippen LogP contribution in [-0.4, -0.2) is 58.0 Å². The van der Waals surface area contributed by atoms with Crippen LogP contribution in [0.15, 0.2) is 29.2 Å². The lowest BCUT2D eigenvalue weighted by Crippen LogP contribution is -2.37. The van der Waals surface area contributed by atoms with Gasteiger partial charge in [0.05, 0.1) is 7.11 Å². The van der Waals surface area contributed by atoms with Gasteiger partial charge >= 0.3 is 0 Å². The first kappa shape index (κ1) is 14.8. The first-order chi connectivity index (χ1) is 10.0. The predicted octanol–water partition coefficient (Wildman–Crippen LogP) is 1.27. The van der Waals surface area contributed by atoms with Gasteiger partial charge in [0.2, 0.25) is 10.0 Å². The van der Waals surface area contributed by atoms with E-state index in [0.717, 1.165) is 19.5 Å². The lowest BCUT2D eigenvalue weighted by atomic mass is 9.89. The Morgan fingerprint density at radius 1 is 1.14 bits per heavy atom. The maximum absolute atomic E-state index is 12.9. The molecule has 116 valence electrons. The second kappa shape index (κ2) is 5.59. The number of piperidine rings is 1. The molecule has 21 heavy (non-hydrogen) atoms. The topological polar surface area (TPSA) is 49.9 Å². The SMILES string of the molecule is COc1ccccc1S(=O)(=O)N1CC2CCN(C)CC2C1. The molecule has 2 aliphatic heterocycles. The number of sulfonamides is 1. The lowest BCUT2D eigenvalue weighted by Gasteiger charge is -2.31. The summed E-state index contributed by atoms with van der Waals surface area (Å²) >= 11 is 0. The fraction of sp³-hybridized carbons (Fsp3) is 0.600. The Morgan fingerprint density at radius 3 is 2.62 bits per heavy atom. The average Bonchev–Trinajstić information content (AvgIpc) is 2.91. The summed E-state index contributed by atoms with van der Waals surface area (Å²) in [7, 11) is 0.144. The van der Waals surface area contributed by atoms with E-state index < -0.39 is 10.0 Å². The fourth-order valence-corrected chi connectivity index (χ4v) is 5.18. The van der Waals surface area contributed by atoms with E-state index in [4.69, 9.17) is 4.74 Å². The van der Waals surface area contributed by atoms with Crippen molar-refractivity contribution in [3.63, 3.8) is 0 Å². The summed E-state index contributed by atoms with van der Waals surface area (Å²) < 4.78 is 32.6. The van der Waals surface area contributed by atoms with Crippen LogP contribution in [-0.2, 0) is 10.0 Å². The van der Waals surface area contributed by atoms with E-state index in [0.29, 0.717) is 30.7 Å². The summed E-state index contributed by atoms with van der Waals surface area (Å²) in [5.41, 5.74) is 0. The van der Waals surface area contributed by atoms with Gasteiger partial charge in [-0.25, -0.2) is 8.42 Å². The Balaban J connectivity index is 1.86. The number of nitrogens with zero attached hydrogens (tertiary/aromatic N) is 2. The zero-order valence-electron chi connectivity index (χ0n) is 12.5. The van der Waals surface area contributed by atoms with Crippen LogP contribution in [0.1, 0.15) is 6.42 Å². The second-order valence-electron chi connectivity index (χ2n) is 6.04. The van der Waals surface area contributed by atoms with Gasteiger partial charge in [-0.3, -0.25) is 0 Å². The van der Waals surface area contributed by atoms with Crippen molar-refractivity contribution < 1.29 is 13.2 Å². The molecule has 5 nitrogen and oxygen atoms in total. The predicted molar refractivity (Wildman–Crippen MR) is 80.8 cm³/mol. The zero-order chi connectivity index (χ0) is 15.0. The molecule has 1 aromatic rings. The minimum atomic E-state index is -3.47. The maximum Gasteiger partial charge on any atom is 0.246 e. The largest absolute Gasteiger partial charge is 0.495 e. The average molecular weight is 310 g/mol. The summed E-state index contributed by atoms with van der Waals surface area (Å²) in [6.45, 7) is 3.31. The van der Waals surface area contributed by atoms with Crippen LogP contribution in [0.5, 0.6) is 5.75 Å². The molecule has 2 atom stereocenters. The van der Waals surface area contributed by atoms with Crippen molar-refractivity contribution in [1.82, 2.24) is 9.21 Å². The highest BCUT2D eigenvalue weighted by atomic mass is 32.2. The van der Waals surface area contributed by atoms with Crippen molar-refractivity contribution in [2.75, 3.05) is 40.3 Å². The Kier molecular flexibility index (Phi) is 3.94. The molecule has 6 heteroatoms. The van der Waals surface area contributed by atoms with Crippen LogP contribution in [0.4, 0.5) is 0 Å². The molecule has 0 saturated carbocycles. The first-order valence-corrected chi connectivity index (χ1v) is 8.78. The van der Waals surface area contributed by atoms with E-state index in [2.05, 4.69) is 11.9 Å². The molecule has 2 fully saturated rings. The van der Waals surface area contributed by atoms with Gasteiger partial charge < -0.3 is 9.64 Å². The number of benzene rings is 1. The third-order valence-corrected chi connectivity index (χ3v) is 6.53. The molecule has 1 aromatic carbocycles. The van der Waals surface area contributed by atoms with Crippen molar-refractivity contribution in [1.29, 1.82) is 0 Å². The van der Waals surface area contributed by atoms with Gasteiger partial charge in [-0.05, 0) is 44.0 Å². The Bertz CT molecular complexity index is 617. The second-order valence-corrected chi connectivity index (χ2v) is 7.95. The molecule has 0 amide bonds. The summed E-state index contributed by atoms with van der Waals surface area (Å²) in [4.78, 5) is 2.57. The van der Waals surface area contributed by atoms with Crippen LogP contribution in [0.2, 0.25) is 0 Å². The third-order valence-electron chi connectivity index (χ3n) is 4.66. The molecule has 3 rings (SSSR count). The van der Waals surface area contributed by atoms with E-state index in [-0.39, 0.29) is 4.90 Å². The van der Waals surface area contributed by atoms with Gasteiger partial charge in [0.15, 0.2) is 0 Å².